The summed E-state index contributed by atoms with van der Waals surface area (Å²) in [5, 5.41) is 16.0. The fraction of sp³-hybridized carbons (Fsp3) is 0.308. The number of halogens is 1. The van der Waals surface area contributed by atoms with E-state index in [9.17, 15) is 4.79 Å². The third-order valence-corrected chi connectivity index (χ3v) is 6.67. The van der Waals surface area contributed by atoms with Crippen LogP contribution in [-0.4, -0.2) is 47.3 Å². The van der Waals surface area contributed by atoms with Crippen molar-refractivity contribution in [2.24, 2.45) is 10.1 Å². The zero-order chi connectivity index (χ0) is 25.7. The predicted molar refractivity (Wildman–Crippen MR) is 145 cm³/mol. The number of amidine groups is 2. The van der Waals surface area contributed by atoms with Gasteiger partial charge in [-0.2, -0.15) is 15.1 Å². The standard InChI is InChI=1S/C26H27ClN4O4S/c1-4-5-6-22-30-31-24(28)19(25(32)29-26(31)36-22)13-17-14-20(27)23(21(15-17)33-3)35-12-11-34-18-9-7-16(2)8-10-18/h7-10,13-15,28H,4-6,11-12H2,1-3H3. The molecule has 0 bridgehead atoms. The zero-order valence-corrected chi connectivity index (χ0v) is 21.9. The van der Waals surface area contributed by atoms with E-state index in [4.69, 9.17) is 31.2 Å². The molecule has 0 atom stereocenters. The fourth-order valence-corrected chi connectivity index (χ4v) is 4.73. The molecule has 36 heavy (non-hydrogen) atoms. The summed E-state index contributed by atoms with van der Waals surface area (Å²) in [6.45, 7) is 4.71. The number of ether oxygens (including phenoxy) is 3. The van der Waals surface area contributed by atoms with Crippen LogP contribution in [0.25, 0.3) is 6.08 Å². The van der Waals surface area contributed by atoms with Crippen LogP contribution in [0.3, 0.4) is 0 Å². The number of fused-ring (bicyclic) bond motifs is 1. The minimum atomic E-state index is -0.491. The maximum absolute atomic E-state index is 12.7. The number of unbranched alkanes of at least 4 members (excludes halogenated alkanes) is 1. The zero-order valence-electron chi connectivity index (χ0n) is 20.3. The van der Waals surface area contributed by atoms with Crippen LogP contribution in [-0.2, 0) is 4.79 Å². The van der Waals surface area contributed by atoms with Gasteiger partial charge >= 0.3 is 0 Å². The van der Waals surface area contributed by atoms with Crippen LogP contribution in [0.4, 0.5) is 0 Å². The number of carbonyl (C=O) groups is 1. The van der Waals surface area contributed by atoms with Crippen molar-refractivity contribution in [3.63, 3.8) is 0 Å². The monoisotopic (exact) mass is 526 g/mol. The lowest BCUT2D eigenvalue weighted by Crippen LogP contribution is -2.35. The van der Waals surface area contributed by atoms with E-state index in [0.717, 1.165) is 35.6 Å². The summed E-state index contributed by atoms with van der Waals surface area (Å²) in [4.78, 5) is 16.8. The molecule has 0 saturated carbocycles. The molecular formula is C26H27ClN4O4S. The smallest absolute Gasteiger partial charge is 0.283 e. The molecule has 0 saturated heterocycles. The molecule has 0 aromatic heterocycles. The van der Waals surface area contributed by atoms with E-state index in [1.54, 1.807) is 18.2 Å². The molecule has 2 aliphatic rings. The Morgan fingerprint density at radius 3 is 2.64 bits per heavy atom. The molecule has 2 aromatic rings. The first-order chi connectivity index (χ1) is 17.4. The Hall–Kier alpha value is -3.30. The molecule has 0 aliphatic carbocycles. The average molecular weight is 527 g/mol. The van der Waals surface area contributed by atoms with Gasteiger partial charge in [-0.25, -0.2) is 0 Å². The predicted octanol–water partition coefficient (Wildman–Crippen LogP) is 5.92. The summed E-state index contributed by atoms with van der Waals surface area (Å²) in [7, 11) is 1.51. The number of hydrazone groups is 1. The maximum atomic E-state index is 12.7. The van der Waals surface area contributed by atoms with Crippen molar-refractivity contribution in [3.8, 4) is 17.2 Å². The van der Waals surface area contributed by atoms with Crippen LogP contribution < -0.4 is 14.2 Å². The molecule has 0 spiro atoms. The number of amides is 1. The molecule has 2 heterocycles. The summed E-state index contributed by atoms with van der Waals surface area (Å²) in [5.41, 5.74) is 1.86. The number of hydrogen-bond acceptors (Lipinski definition) is 7. The summed E-state index contributed by atoms with van der Waals surface area (Å²) in [5.74, 6) is 1.02. The highest BCUT2D eigenvalue weighted by Gasteiger charge is 2.35. The van der Waals surface area contributed by atoms with E-state index >= 15 is 0 Å². The second-order valence-electron chi connectivity index (χ2n) is 8.16. The van der Waals surface area contributed by atoms with E-state index in [1.807, 2.05) is 31.2 Å². The Morgan fingerprint density at radius 2 is 1.92 bits per heavy atom. The molecule has 0 unspecified atom stereocenters. The van der Waals surface area contributed by atoms with Crippen LogP contribution >= 0.6 is 23.4 Å². The molecule has 0 radical (unpaired) electrons. The van der Waals surface area contributed by atoms with Gasteiger partial charge in [-0.1, -0.05) is 42.6 Å². The Labute approximate surface area is 219 Å². The number of methoxy groups -OCH3 is 1. The summed E-state index contributed by atoms with van der Waals surface area (Å²) in [6, 6.07) is 11.1. The Morgan fingerprint density at radius 1 is 1.17 bits per heavy atom. The maximum Gasteiger partial charge on any atom is 0.283 e. The van der Waals surface area contributed by atoms with E-state index in [0.29, 0.717) is 33.9 Å². The lowest BCUT2D eigenvalue weighted by Gasteiger charge is -2.20. The van der Waals surface area contributed by atoms with E-state index < -0.39 is 5.91 Å². The quantitative estimate of drug-likeness (QED) is 0.305. The highest BCUT2D eigenvalue weighted by Crippen LogP contribution is 2.38. The molecule has 1 amide bonds. The largest absolute Gasteiger partial charge is 0.493 e. The van der Waals surface area contributed by atoms with E-state index in [2.05, 4.69) is 17.0 Å². The molecule has 1 N–H and O–H groups in total. The summed E-state index contributed by atoms with van der Waals surface area (Å²) < 4.78 is 17.0. The number of nitrogens with one attached hydrogen (secondary N) is 1. The number of benzene rings is 2. The second-order valence-corrected chi connectivity index (χ2v) is 9.61. The first kappa shape index (κ1) is 25.8. The van der Waals surface area contributed by atoms with Gasteiger partial charge in [-0.15, -0.1) is 0 Å². The number of aliphatic imine (C=N–C) groups is 1. The van der Waals surface area contributed by atoms with E-state index in [1.165, 1.54) is 23.9 Å². The van der Waals surface area contributed by atoms with Gasteiger partial charge in [0.05, 0.1) is 17.7 Å². The summed E-state index contributed by atoms with van der Waals surface area (Å²) >= 11 is 7.84. The fourth-order valence-electron chi connectivity index (χ4n) is 3.53. The van der Waals surface area contributed by atoms with Gasteiger partial charge in [0.25, 0.3) is 5.91 Å². The van der Waals surface area contributed by atoms with Crippen LogP contribution in [0.1, 0.15) is 37.3 Å². The van der Waals surface area contributed by atoms with Crippen LogP contribution in [0, 0.1) is 12.3 Å². The Kier molecular flexibility index (Phi) is 8.32. The van der Waals surface area contributed by atoms with Gasteiger partial charge in [0, 0.05) is 0 Å². The molecule has 188 valence electrons. The molecule has 2 aromatic carbocycles. The summed E-state index contributed by atoms with van der Waals surface area (Å²) in [6.07, 6.45) is 4.38. The number of rotatable bonds is 10. The van der Waals surface area contributed by atoms with Crippen LogP contribution in [0.2, 0.25) is 5.02 Å². The van der Waals surface area contributed by atoms with E-state index in [-0.39, 0.29) is 18.0 Å². The Balaban J connectivity index is 1.47. The molecule has 8 nitrogen and oxygen atoms in total. The number of carbonyl (C=O) groups excluding carboxylic acids is 1. The van der Waals surface area contributed by atoms with Crippen molar-refractivity contribution in [2.45, 2.75) is 33.1 Å². The molecule has 2 aliphatic heterocycles. The second kappa shape index (κ2) is 11.6. The molecule has 0 fully saturated rings. The lowest BCUT2D eigenvalue weighted by atomic mass is 10.1. The minimum absolute atomic E-state index is 0.0207. The highest BCUT2D eigenvalue weighted by atomic mass is 35.5. The first-order valence-corrected chi connectivity index (χ1v) is 12.8. The normalized spacial score (nSPS) is 16.1. The third kappa shape index (κ3) is 5.91. The number of aryl methyl sites for hydroxylation is 1. The lowest BCUT2D eigenvalue weighted by molar-refractivity contribution is -0.114. The number of nitrogens with zero attached hydrogens (tertiary/aromatic N) is 3. The van der Waals surface area contributed by atoms with Crippen molar-refractivity contribution < 1.29 is 19.0 Å². The number of hydrogen-bond donors (Lipinski definition) is 1. The Bertz CT molecular complexity index is 1260. The van der Waals surface area contributed by atoms with Crippen molar-refractivity contribution in [1.29, 1.82) is 5.41 Å². The van der Waals surface area contributed by atoms with Gasteiger partial charge in [0.2, 0.25) is 5.17 Å². The van der Waals surface area contributed by atoms with Gasteiger partial charge in [0.15, 0.2) is 17.3 Å². The third-order valence-electron chi connectivity index (χ3n) is 5.42. The van der Waals surface area contributed by atoms with Crippen molar-refractivity contribution >= 4 is 51.4 Å². The minimum Gasteiger partial charge on any atom is -0.493 e. The van der Waals surface area contributed by atoms with Crippen molar-refractivity contribution in [2.75, 3.05) is 20.3 Å². The average Bonchev–Trinajstić information content (AvgIpc) is 3.27. The molecular weight excluding hydrogens is 500 g/mol. The van der Waals surface area contributed by atoms with Gasteiger partial charge < -0.3 is 14.2 Å². The SMILES string of the molecule is CCCCC1=NN2C(=N)C(=Cc3cc(Cl)c(OCCOc4ccc(C)cc4)c(OC)c3)C(=O)N=C2S1. The van der Waals surface area contributed by atoms with Crippen molar-refractivity contribution in [1.82, 2.24) is 5.01 Å². The first-order valence-electron chi connectivity index (χ1n) is 11.6. The number of thioether (sulfide) groups is 1. The molecule has 4 rings (SSSR count). The van der Waals surface area contributed by atoms with Gasteiger partial charge in [-0.3, -0.25) is 10.2 Å². The van der Waals surface area contributed by atoms with Crippen molar-refractivity contribution in [3.05, 3.63) is 58.1 Å². The topological polar surface area (TPSA) is 96.6 Å². The molecule has 10 heteroatoms. The van der Waals surface area contributed by atoms with Gasteiger partial charge in [-0.05, 0) is 67.4 Å². The highest BCUT2D eigenvalue weighted by molar-refractivity contribution is 8.26. The van der Waals surface area contributed by atoms with Crippen LogP contribution in [0.15, 0.2) is 52.1 Å². The van der Waals surface area contributed by atoms with Gasteiger partial charge in [0.1, 0.15) is 24.0 Å². The van der Waals surface area contributed by atoms with Crippen LogP contribution in [0.5, 0.6) is 17.2 Å².